The van der Waals surface area contributed by atoms with Crippen LogP contribution in [0.4, 0.5) is 0 Å². The van der Waals surface area contributed by atoms with Crippen molar-refractivity contribution in [2.75, 3.05) is 0 Å². The Kier molecular flexibility index (Phi) is 8.06. The van der Waals surface area contributed by atoms with Gasteiger partial charge in [0.25, 0.3) is 0 Å². The first kappa shape index (κ1) is 24.6. The largest absolute Gasteiger partial charge is 0.0827 e. The molecule has 0 aliphatic heterocycles. The molecular weight excluding hydrogens is 479 g/mol. The number of rotatable bonds is 9. The number of fused-ring (bicyclic) bond motifs is 1. The predicted octanol–water partition coefficient (Wildman–Crippen LogP) is 10.4. The van der Waals surface area contributed by atoms with E-state index in [9.17, 15) is 0 Å². The van der Waals surface area contributed by atoms with Crippen molar-refractivity contribution in [3.8, 4) is 11.1 Å². The zero-order valence-electron chi connectivity index (χ0n) is 20.3. The monoisotopic (exact) mass is 507 g/mol. The van der Waals surface area contributed by atoms with Gasteiger partial charge in [0.2, 0.25) is 0 Å². The summed E-state index contributed by atoms with van der Waals surface area (Å²) in [5.41, 5.74) is 6.19. The third kappa shape index (κ3) is 5.84. The van der Waals surface area contributed by atoms with Crippen LogP contribution < -0.4 is 0 Å². The van der Waals surface area contributed by atoms with E-state index in [4.69, 9.17) is 23.2 Å². The van der Waals surface area contributed by atoms with E-state index in [1.165, 1.54) is 33.4 Å². The standard InChI is InChI=1S/C34H29Cl2/c35-33-18-8-17-32(34(33)36)29-23-20-26(21-24-29)19-22-28(13-6-11-25-9-2-1-3-10-25)31-16-7-14-27-12-4-5-15-30(27)31/h1-5,7-10,12,14-18,20-21,23-24H,6,11,13,19,22H2. The lowest BCUT2D eigenvalue weighted by Gasteiger charge is -2.19. The fraction of sp³-hybridized carbons (Fsp3) is 0.147. The second-order valence-electron chi connectivity index (χ2n) is 9.27. The Morgan fingerprint density at radius 3 is 2.08 bits per heavy atom. The number of halogens is 2. The molecule has 0 spiro atoms. The van der Waals surface area contributed by atoms with Gasteiger partial charge in [0.15, 0.2) is 0 Å². The van der Waals surface area contributed by atoms with Crippen molar-refractivity contribution < 1.29 is 0 Å². The second kappa shape index (κ2) is 11.8. The normalized spacial score (nSPS) is 11.3. The molecule has 0 atom stereocenters. The number of hydrogen-bond acceptors (Lipinski definition) is 0. The lowest BCUT2D eigenvalue weighted by atomic mass is 9.85. The maximum atomic E-state index is 6.44. The molecule has 0 saturated heterocycles. The molecule has 0 aliphatic rings. The highest BCUT2D eigenvalue weighted by atomic mass is 35.5. The molecule has 0 bridgehead atoms. The Morgan fingerprint density at radius 2 is 1.25 bits per heavy atom. The molecule has 2 heteroatoms. The van der Waals surface area contributed by atoms with Crippen molar-refractivity contribution in [2.45, 2.75) is 32.1 Å². The molecule has 179 valence electrons. The van der Waals surface area contributed by atoms with E-state index in [1.807, 2.05) is 18.2 Å². The first-order chi connectivity index (χ1) is 17.7. The summed E-state index contributed by atoms with van der Waals surface area (Å²) >= 11 is 12.7. The van der Waals surface area contributed by atoms with Crippen LogP contribution in [0.5, 0.6) is 0 Å². The lowest BCUT2D eigenvalue weighted by molar-refractivity contribution is 0.701. The third-order valence-corrected chi connectivity index (χ3v) is 7.71. The molecule has 0 unspecified atom stereocenters. The number of hydrogen-bond donors (Lipinski definition) is 0. The van der Waals surface area contributed by atoms with Gasteiger partial charge in [-0.3, -0.25) is 0 Å². The van der Waals surface area contributed by atoms with E-state index < -0.39 is 0 Å². The van der Waals surface area contributed by atoms with E-state index in [0.29, 0.717) is 10.0 Å². The molecule has 0 heterocycles. The van der Waals surface area contributed by atoms with Crippen molar-refractivity contribution in [1.82, 2.24) is 0 Å². The fourth-order valence-corrected chi connectivity index (χ4v) is 5.36. The van der Waals surface area contributed by atoms with Gasteiger partial charge in [0, 0.05) is 11.5 Å². The van der Waals surface area contributed by atoms with Crippen molar-refractivity contribution in [3.05, 3.63) is 148 Å². The minimum Gasteiger partial charge on any atom is -0.0827 e. The van der Waals surface area contributed by atoms with Crippen LogP contribution in [0.15, 0.2) is 115 Å². The van der Waals surface area contributed by atoms with Crippen LogP contribution in [-0.4, -0.2) is 0 Å². The molecule has 0 aliphatic carbocycles. The topological polar surface area (TPSA) is 0 Å². The predicted molar refractivity (Wildman–Crippen MR) is 156 cm³/mol. The average Bonchev–Trinajstić information content (AvgIpc) is 2.93. The Labute approximate surface area is 224 Å². The van der Waals surface area contributed by atoms with Crippen LogP contribution in [0.1, 0.15) is 36.0 Å². The molecule has 0 aromatic heterocycles. The van der Waals surface area contributed by atoms with Gasteiger partial charge in [-0.1, -0.05) is 132 Å². The van der Waals surface area contributed by atoms with Gasteiger partial charge >= 0.3 is 0 Å². The fourth-order valence-electron chi connectivity index (χ4n) is 4.95. The highest BCUT2D eigenvalue weighted by molar-refractivity contribution is 6.43. The highest BCUT2D eigenvalue weighted by Crippen LogP contribution is 2.35. The molecule has 0 fully saturated rings. The quantitative estimate of drug-likeness (QED) is 0.186. The molecule has 0 nitrogen and oxygen atoms in total. The van der Waals surface area contributed by atoms with E-state index in [2.05, 4.69) is 97.1 Å². The summed E-state index contributed by atoms with van der Waals surface area (Å²) in [5, 5.41) is 3.85. The molecule has 0 amide bonds. The van der Waals surface area contributed by atoms with Crippen LogP contribution >= 0.6 is 23.2 Å². The van der Waals surface area contributed by atoms with Crippen LogP contribution in [0.3, 0.4) is 0 Å². The van der Waals surface area contributed by atoms with E-state index in [-0.39, 0.29) is 0 Å². The van der Waals surface area contributed by atoms with Crippen LogP contribution in [0.2, 0.25) is 10.0 Å². The number of benzene rings is 5. The first-order valence-electron chi connectivity index (χ1n) is 12.6. The second-order valence-corrected chi connectivity index (χ2v) is 10.1. The maximum Gasteiger partial charge on any atom is 0.0670 e. The summed E-state index contributed by atoms with van der Waals surface area (Å²) in [6.07, 6.45) is 5.39. The van der Waals surface area contributed by atoms with Gasteiger partial charge in [0.1, 0.15) is 0 Å². The summed E-state index contributed by atoms with van der Waals surface area (Å²) in [7, 11) is 0. The van der Waals surface area contributed by atoms with E-state index >= 15 is 0 Å². The summed E-state index contributed by atoms with van der Waals surface area (Å²) in [5.74, 6) is 1.53. The van der Waals surface area contributed by atoms with Gasteiger partial charge < -0.3 is 0 Å². The average molecular weight is 509 g/mol. The summed E-state index contributed by atoms with van der Waals surface area (Å²) in [6.45, 7) is 0. The lowest BCUT2D eigenvalue weighted by Crippen LogP contribution is -2.04. The molecular formula is C34H29Cl2. The molecule has 0 saturated carbocycles. The molecule has 1 radical (unpaired) electrons. The first-order valence-corrected chi connectivity index (χ1v) is 13.3. The molecule has 0 N–H and O–H groups in total. The van der Waals surface area contributed by atoms with Gasteiger partial charge in [-0.25, -0.2) is 0 Å². The Hall–Kier alpha value is -3.06. The van der Waals surface area contributed by atoms with Crippen molar-refractivity contribution in [2.24, 2.45) is 0 Å². The number of aryl methyl sites for hydroxylation is 2. The van der Waals surface area contributed by atoms with Gasteiger partial charge in [-0.15, -0.1) is 0 Å². The smallest absolute Gasteiger partial charge is 0.0670 e. The SMILES string of the molecule is Clc1cccc(-c2ccc(CC[C](CCCc3ccccc3)c3cccc4ccccc34)cc2)c1Cl. The molecule has 36 heavy (non-hydrogen) atoms. The summed E-state index contributed by atoms with van der Waals surface area (Å²) < 4.78 is 0. The summed E-state index contributed by atoms with van der Waals surface area (Å²) in [4.78, 5) is 0. The Morgan fingerprint density at radius 1 is 0.556 bits per heavy atom. The zero-order valence-corrected chi connectivity index (χ0v) is 21.8. The van der Waals surface area contributed by atoms with Gasteiger partial charge in [-0.2, -0.15) is 0 Å². The molecule has 5 aromatic rings. The Bertz CT molecular complexity index is 1420. The summed E-state index contributed by atoms with van der Waals surface area (Å²) in [6, 6.07) is 40.8. The van der Waals surface area contributed by atoms with Crippen LogP contribution in [-0.2, 0) is 12.8 Å². The minimum absolute atomic E-state index is 0.586. The Balaban J connectivity index is 1.33. The van der Waals surface area contributed by atoms with Crippen molar-refractivity contribution >= 4 is 34.0 Å². The molecule has 5 aromatic carbocycles. The van der Waals surface area contributed by atoms with Crippen LogP contribution in [0, 0.1) is 5.92 Å². The maximum absolute atomic E-state index is 6.44. The minimum atomic E-state index is 0.586. The van der Waals surface area contributed by atoms with Crippen LogP contribution in [0.25, 0.3) is 21.9 Å². The van der Waals surface area contributed by atoms with E-state index in [0.717, 1.165) is 43.2 Å². The van der Waals surface area contributed by atoms with Gasteiger partial charge in [0.05, 0.1) is 10.0 Å². The van der Waals surface area contributed by atoms with Crippen molar-refractivity contribution in [1.29, 1.82) is 0 Å². The van der Waals surface area contributed by atoms with E-state index in [1.54, 1.807) is 0 Å². The highest BCUT2D eigenvalue weighted by Gasteiger charge is 2.16. The van der Waals surface area contributed by atoms with Crippen molar-refractivity contribution in [3.63, 3.8) is 0 Å². The third-order valence-electron chi connectivity index (χ3n) is 6.89. The van der Waals surface area contributed by atoms with Gasteiger partial charge in [-0.05, 0) is 71.2 Å². The zero-order chi connectivity index (χ0) is 24.7. The molecule has 5 rings (SSSR count).